The summed E-state index contributed by atoms with van der Waals surface area (Å²) in [5.41, 5.74) is 6.03. The van der Waals surface area contributed by atoms with E-state index < -0.39 is 0 Å². The number of hydrogen-bond acceptors (Lipinski definition) is 5. The van der Waals surface area contributed by atoms with Gasteiger partial charge in [0.2, 0.25) is 0 Å². The Hall–Kier alpha value is -3.06. The second kappa shape index (κ2) is 8.59. The lowest BCUT2D eigenvalue weighted by Crippen LogP contribution is -2.36. The van der Waals surface area contributed by atoms with Crippen molar-refractivity contribution < 1.29 is 4.79 Å². The van der Waals surface area contributed by atoms with E-state index in [-0.39, 0.29) is 5.91 Å². The quantitative estimate of drug-likeness (QED) is 0.654. The summed E-state index contributed by atoms with van der Waals surface area (Å²) in [5, 5.41) is 8.68. The standard InChI is InChI=1S/C24H28N6O/c1-18-23(24(31)29-13-5-2-6-14-29)26-27-30(18)22-10-7-8-19-16-28(15-11-21(19)22)17-20-9-3-4-12-25-20/h3-4,7-10,12H,2,5-6,11,13-17H2,1H3. The van der Waals surface area contributed by atoms with Crippen molar-refractivity contribution in [3.05, 3.63) is 70.8 Å². The molecule has 31 heavy (non-hydrogen) atoms. The van der Waals surface area contributed by atoms with Crippen molar-refractivity contribution in [2.75, 3.05) is 19.6 Å². The van der Waals surface area contributed by atoms with Crippen molar-refractivity contribution in [3.63, 3.8) is 0 Å². The van der Waals surface area contributed by atoms with Gasteiger partial charge in [-0.25, -0.2) is 4.68 Å². The number of nitrogens with zero attached hydrogens (tertiary/aromatic N) is 6. The second-order valence-corrected chi connectivity index (χ2v) is 8.48. The van der Waals surface area contributed by atoms with Crippen LogP contribution >= 0.6 is 0 Å². The van der Waals surface area contributed by atoms with Crippen LogP contribution in [0.5, 0.6) is 0 Å². The van der Waals surface area contributed by atoms with Gasteiger partial charge in [0.1, 0.15) is 0 Å². The Kier molecular flexibility index (Phi) is 5.51. The molecule has 2 aliphatic heterocycles. The van der Waals surface area contributed by atoms with Crippen molar-refractivity contribution >= 4 is 5.91 Å². The van der Waals surface area contributed by atoms with Crippen molar-refractivity contribution in [3.8, 4) is 5.69 Å². The molecule has 0 atom stereocenters. The summed E-state index contributed by atoms with van der Waals surface area (Å²) in [6, 6.07) is 12.4. The Morgan fingerprint density at radius 3 is 2.71 bits per heavy atom. The van der Waals surface area contributed by atoms with Gasteiger partial charge >= 0.3 is 0 Å². The molecular weight excluding hydrogens is 388 g/mol. The first kappa shape index (κ1) is 19.9. The highest BCUT2D eigenvalue weighted by molar-refractivity contribution is 5.93. The average Bonchev–Trinajstić information content (AvgIpc) is 3.20. The monoisotopic (exact) mass is 416 g/mol. The molecule has 0 aliphatic carbocycles. The lowest BCUT2D eigenvalue weighted by Gasteiger charge is -2.29. The van der Waals surface area contributed by atoms with E-state index in [9.17, 15) is 4.79 Å². The summed E-state index contributed by atoms with van der Waals surface area (Å²) in [5.74, 6) is 0.00906. The van der Waals surface area contributed by atoms with Gasteiger partial charge in [-0.15, -0.1) is 5.10 Å². The van der Waals surface area contributed by atoms with Crippen LogP contribution < -0.4 is 0 Å². The molecule has 4 heterocycles. The van der Waals surface area contributed by atoms with Crippen molar-refractivity contribution in [1.29, 1.82) is 0 Å². The lowest BCUT2D eigenvalue weighted by atomic mass is 9.97. The predicted molar refractivity (Wildman–Crippen MR) is 118 cm³/mol. The van der Waals surface area contributed by atoms with E-state index in [1.165, 1.54) is 17.5 Å². The third kappa shape index (κ3) is 3.97. The number of hydrogen-bond donors (Lipinski definition) is 0. The molecular formula is C24H28N6O. The van der Waals surface area contributed by atoms with E-state index in [4.69, 9.17) is 0 Å². The number of carbonyl (C=O) groups excluding carboxylic acids is 1. The highest BCUT2D eigenvalue weighted by atomic mass is 16.2. The van der Waals surface area contributed by atoms with Gasteiger partial charge in [-0.05, 0) is 61.9 Å². The van der Waals surface area contributed by atoms with Crippen LogP contribution in [0.25, 0.3) is 5.69 Å². The van der Waals surface area contributed by atoms with Gasteiger partial charge in [0.15, 0.2) is 5.69 Å². The number of aromatic nitrogens is 4. The first-order chi connectivity index (χ1) is 15.2. The zero-order valence-electron chi connectivity index (χ0n) is 18.0. The molecule has 0 bridgehead atoms. The molecule has 1 fully saturated rings. The number of fused-ring (bicyclic) bond motifs is 1. The Morgan fingerprint density at radius 2 is 1.90 bits per heavy atom. The lowest BCUT2D eigenvalue weighted by molar-refractivity contribution is 0.0717. The molecule has 0 spiro atoms. The summed E-state index contributed by atoms with van der Waals surface area (Å²) in [7, 11) is 0. The minimum atomic E-state index is 0.00906. The maximum absolute atomic E-state index is 13.0. The third-order valence-corrected chi connectivity index (χ3v) is 6.40. The van der Waals surface area contributed by atoms with Gasteiger partial charge < -0.3 is 4.90 Å². The van der Waals surface area contributed by atoms with Crippen LogP contribution in [-0.2, 0) is 19.5 Å². The molecule has 5 rings (SSSR count). The molecule has 160 valence electrons. The molecule has 7 nitrogen and oxygen atoms in total. The normalized spacial score (nSPS) is 16.9. The molecule has 1 saturated heterocycles. The van der Waals surface area contributed by atoms with Gasteiger partial charge in [0, 0.05) is 38.9 Å². The summed E-state index contributed by atoms with van der Waals surface area (Å²) < 4.78 is 1.85. The van der Waals surface area contributed by atoms with E-state index in [0.717, 1.165) is 69.1 Å². The van der Waals surface area contributed by atoms with Gasteiger partial charge in [-0.1, -0.05) is 23.4 Å². The predicted octanol–water partition coefficient (Wildman–Crippen LogP) is 3.16. The van der Waals surface area contributed by atoms with Crippen LogP contribution in [0.4, 0.5) is 0 Å². The fourth-order valence-corrected chi connectivity index (χ4v) is 4.70. The van der Waals surface area contributed by atoms with Crippen LogP contribution in [0, 0.1) is 6.92 Å². The highest BCUT2D eigenvalue weighted by Gasteiger charge is 2.26. The molecule has 0 saturated carbocycles. The molecule has 0 radical (unpaired) electrons. The first-order valence-corrected chi connectivity index (χ1v) is 11.2. The second-order valence-electron chi connectivity index (χ2n) is 8.48. The fourth-order valence-electron chi connectivity index (χ4n) is 4.70. The van der Waals surface area contributed by atoms with Crippen LogP contribution in [0.1, 0.15) is 52.3 Å². The average molecular weight is 417 g/mol. The Morgan fingerprint density at radius 1 is 1.03 bits per heavy atom. The third-order valence-electron chi connectivity index (χ3n) is 6.40. The van der Waals surface area contributed by atoms with E-state index in [0.29, 0.717) is 5.69 Å². The van der Waals surface area contributed by atoms with Gasteiger partial charge in [-0.3, -0.25) is 14.7 Å². The fraction of sp³-hybridized carbons (Fsp3) is 0.417. The molecule has 3 aromatic rings. The molecule has 1 aromatic carbocycles. The number of carbonyl (C=O) groups is 1. The van der Waals surface area contributed by atoms with E-state index >= 15 is 0 Å². The zero-order chi connectivity index (χ0) is 21.2. The maximum Gasteiger partial charge on any atom is 0.276 e. The van der Waals surface area contributed by atoms with E-state index in [2.05, 4.69) is 44.5 Å². The minimum absolute atomic E-state index is 0.00906. The number of amides is 1. The summed E-state index contributed by atoms with van der Waals surface area (Å²) >= 11 is 0. The van der Waals surface area contributed by atoms with Gasteiger partial charge in [-0.2, -0.15) is 0 Å². The summed E-state index contributed by atoms with van der Waals surface area (Å²) in [6.45, 7) is 6.28. The van der Waals surface area contributed by atoms with Crippen molar-refractivity contribution in [1.82, 2.24) is 29.8 Å². The van der Waals surface area contributed by atoms with Crippen molar-refractivity contribution in [2.45, 2.75) is 45.7 Å². The first-order valence-electron chi connectivity index (χ1n) is 11.2. The molecule has 0 unspecified atom stereocenters. The molecule has 2 aliphatic rings. The largest absolute Gasteiger partial charge is 0.337 e. The number of benzene rings is 1. The Labute approximate surface area is 182 Å². The summed E-state index contributed by atoms with van der Waals surface area (Å²) in [6.07, 6.45) is 6.12. The highest BCUT2D eigenvalue weighted by Crippen LogP contribution is 2.27. The molecule has 2 aromatic heterocycles. The van der Waals surface area contributed by atoms with Crippen LogP contribution in [0.15, 0.2) is 42.6 Å². The number of pyridine rings is 1. The van der Waals surface area contributed by atoms with Crippen molar-refractivity contribution in [2.24, 2.45) is 0 Å². The number of piperidine rings is 1. The minimum Gasteiger partial charge on any atom is -0.337 e. The molecule has 0 N–H and O–H groups in total. The maximum atomic E-state index is 13.0. The molecule has 7 heteroatoms. The Bertz CT molecular complexity index is 1070. The smallest absolute Gasteiger partial charge is 0.276 e. The van der Waals surface area contributed by atoms with Crippen LogP contribution in [-0.4, -0.2) is 55.3 Å². The van der Waals surface area contributed by atoms with Gasteiger partial charge in [0.05, 0.1) is 17.1 Å². The zero-order valence-corrected chi connectivity index (χ0v) is 18.0. The van der Waals surface area contributed by atoms with E-state index in [1.807, 2.05) is 34.8 Å². The SMILES string of the molecule is Cc1c(C(=O)N2CCCCC2)nnn1-c1cccc2c1CCN(Cc1ccccn1)C2. The number of likely N-dealkylation sites (tertiary alicyclic amines) is 1. The number of rotatable bonds is 4. The van der Waals surface area contributed by atoms with Crippen LogP contribution in [0.3, 0.4) is 0 Å². The van der Waals surface area contributed by atoms with E-state index in [1.54, 1.807) is 0 Å². The topological polar surface area (TPSA) is 67.2 Å². The van der Waals surface area contributed by atoms with Crippen LogP contribution in [0.2, 0.25) is 0 Å². The van der Waals surface area contributed by atoms with Gasteiger partial charge in [0.25, 0.3) is 5.91 Å². The molecule has 1 amide bonds. The summed E-state index contributed by atoms with van der Waals surface area (Å²) in [4.78, 5) is 21.8. The Balaban J connectivity index is 1.38.